The van der Waals surface area contributed by atoms with E-state index in [-0.39, 0.29) is 35.2 Å². The van der Waals surface area contributed by atoms with Gasteiger partial charge in [0.2, 0.25) is 0 Å². The van der Waals surface area contributed by atoms with Gasteiger partial charge in [0.25, 0.3) is 0 Å². The van der Waals surface area contributed by atoms with Gasteiger partial charge in [-0.3, -0.25) is 0 Å². The molecule has 1 aromatic heterocycles. The number of hydrogen-bond donors (Lipinski definition) is 2. The van der Waals surface area contributed by atoms with Gasteiger partial charge in [0.05, 0.1) is 0 Å². The Bertz CT molecular complexity index is 802. The highest BCUT2D eigenvalue weighted by atomic mass is 127. The highest BCUT2D eigenvalue weighted by Crippen LogP contribution is 2.22. The summed E-state index contributed by atoms with van der Waals surface area (Å²) in [4.78, 5) is 4.68. The fourth-order valence-corrected chi connectivity index (χ4v) is 3.29. The Hall–Kier alpha value is -1.71. The van der Waals surface area contributed by atoms with Gasteiger partial charge in [-0.2, -0.15) is 0 Å². The molecule has 1 aliphatic rings. The third-order valence-corrected chi connectivity index (χ3v) is 4.96. The van der Waals surface area contributed by atoms with Crippen molar-refractivity contribution in [2.75, 3.05) is 13.1 Å². The van der Waals surface area contributed by atoms with E-state index in [4.69, 9.17) is 0 Å². The highest BCUT2D eigenvalue weighted by molar-refractivity contribution is 14.0. The number of rotatable bonds is 6. The second-order valence-corrected chi connectivity index (χ2v) is 7.58. The third-order valence-electron chi connectivity index (χ3n) is 4.96. The van der Waals surface area contributed by atoms with Crippen LogP contribution in [0.4, 0.5) is 4.39 Å². The van der Waals surface area contributed by atoms with Crippen LogP contribution in [0.25, 0.3) is 0 Å². The molecule has 8 heteroatoms. The van der Waals surface area contributed by atoms with Gasteiger partial charge in [-0.25, -0.2) is 9.38 Å². The minimum atomic E-state index is -0.230. The SMILES string of the molecule is CCNC(=NCc1nnc2n1CCCC2)NCC(C)(C)c1cccc(F)c1.I. The highest BCUT2D eigenvalue weighted by Gasteiger charge is 2.21. The summed E-state index contributed by atoms with van der Waals surface area (Å²) >= 11 is 0. The molecular formula is C20H30FIN6. The Morgan fingerprint density at radius 2 is 2.07 bits per heavy atom. The van der Waals surface area contributed by atoms with E-state index in [2.05, 4.69) is 44.2 Å². The van der Waals surface area contributed by atoms with Crippen LogP contribution in [-0.2, 0) is 24.9 Å². The fraction of sp³-hybridized carbons (Fsp3) is 0.550. The Kier molecular flexibility index (Phi) is 8.21. The first-order chi connectivity index (χ1) is 13.0. The first-order valence-electron chi connectivity index (χ1n) is 9.69. The number of nitrogens with zero attached hydrogens (tertiary/aromatic N) is 4. The molecule has 0 fully saturated rings. The minimum Gasteiger partial charge on any atom is -0.357 e. The van der Waals surface area contributed by atoms with Crippen LogP contribution in [0.5, 0.6) is 0 Å². The quantitative estimate of drug-likeness (QED) is 0.363. The fourth-order valence-electron chi connectivity index (χ4n) is 3.29. The van der Waals surface area contributed by atoms with E-state index in [9.17, 15) is 4.39 Å². The minimum absolute atomic E-state index is 0. The van der Waals surface area contributed by atoms with Gasteiger partial charge in [0.15, 0.2) is 11.8 Å². The largest absolute Gasteiger partial charge is 0.357 e. The number of halogens is 2. The van der Waals surface area contributed by atoms with E-state index >= 15 is 0 Å². The van der Waals surface area contributed by atoms with Crippen molar-refractivity contribution in [3.63, 3.8) is 0 Å². The number of hydrogen-bond acceptors (Lipinski definition) is 3. The predicted molar refractivity (Wildman–Crippen MR) is 121 cm³/mol. The topological polar surface area (TPSA) is 67.1 Å². The van der Waals surface area contributed by atoms with Crippen molar-refractivity contribution in [1.29, 1.82) is 0 Å². The van der Waals surface area contributed by atoms with E-state index in [1.165, 1.54) is 18.9 Å². The lowest BCUT2D eigenvalue weighted by molar-refractivity contribution is 0.500. The number of aromatic nitrogens is 3. The molecule has 0 aliphatic carbocycles. The lowest BCUT2D eigenvalue weighted by atomic mass is 9.84. The van der Waals surface area contributed by atoms with Crippen molar-refractivity contribution >= 4 is 29.9 Å². The van der Waals surface area contributed by atoms with Crippen LogP contribution in [-0.4, -0.2) is 33.8 Å². The maximum Gasteiger partial charge on any atom is 0.191 e. The van der Waals surface area contributed by atoms with E-state index in [0.29, 0.717) is 13.1 Å². The molecule has 0 radical (unpaired) electrons. The first kappa shape index (κ1) is 22.6. The Labute approximate surface area is 183 Å². The maximum atomic E-state index is 13.6. The zero-order chi connectivity index (χ0) is 19.3. The molecular weight excluding hydrogens is 470 g/mol. The molecule has 2 aromatic rings. The van der Waals surface area contributed by atoms with Crippen LogP contribution in [0.2, 0.25) is 0 Å². The van der Waals surface area contributed by atoms with Crippen molar-refractivity contribution in [2.24, 2.45) is 4.99 Å². The summed E-state index contributed by atoms with van der Waals surface area (Å²) in [5.41, 5.74) is 0.726. The van der Waals surface area contributed by atoms with Gasteiger partial charge < -0.3 is 15.2 Å². The van der Waals surface area contributed by atoms with E-state index in [1.54, 1.807) is 12.1 Å². The van der Waals surface area contributed by atoms with Crippen LogP contribution in [0.3, 0.4) is 0 Å². The van der Waals surface area contributed by atoms with Crippen LogP contribution in [0.15, 0.2) is 29.3 Å². The molecule has 6 nitrogen and oxygen atoms in total. The Morgan fingerprint density at radius 1 is 1.25 bits per heavy atom. The second kappa shape index (κ2) is 10.2. The van der Waals surface area contributed by atoms with Crippen LogP contribution >= 0.6 is 24.0 Å². The number of guanidine groups is 1. The summed E-state index contributed by atoms with van der Waals surface area (Å²) in [5, 5.41) is 15.2. The normalized spacial score (nSPS) is 14.2. The van der Waals surface area contributed by atoms with Crippen molar-refractivity contribution in [3.8, 4) is 0 Å². The van der Waals surface area contributed by atoms with E-state index < -0.39 is 0 Å². The molecule has 0 amide bonds. The van der Waals surface area contributed by atoms with Crippen molar-refractivity contribution in [1.82, 2.24) is 25.4 Å². The van der Waals surface area contributed by atoms with Gasteiger partial charge in [-0.05, 0) is 37.5 Å². The molecule has 28 heavy (non-hydrogen) atoms. The molecule has 0 saturated heterocycles. The number of fused-ring (bicyclic) bond motifs is 1. The lowest BCUT2D eigenvalue weighted by Gasteiger charge is -2.27. The molecule has 2 heterocycles. The van der Waals surface area contributed by atoms with Crippen LogP contribution in [0, 0.1) is 5.82 Å². The van der Waals surface area contributed by atoms with Crippen LogP contribution in [0.1, 0.15) is 50.8 Å². The van der Waals surface area contributed by atoms with Crippen LogP contribution < -0.4 is 10.6 Å². The van der Waals surface area contributed by atoms with Gasteiger partial charge >= 0.3 is 0 Å². The number of aryl methyl sites for hydroxylation is 1. The van der Waals surface area contributed by atoms with Crippen molar-refractivity contribution in [2.45, 2.75) is 58.5 Å². The summed E-state index contributed by atoms with van der Waals surface area (Å²) in [7, 11) is 0. The summed E-state index contributed by atoms with van der Waals surface area (Å²) in [5.74, 6) is 2.50. The zero-order valence-corrected chi connectivity index (χ0v) is 19.2. The molecule has 0 unspecified atom stereocenters. The van der Waals surface area contributed by atoms with E-state index in [0.717, 1.165) is 42.7 Å². The molecule has 154 valence electrons. The number of nitrogens with one attached hydrogen (secondary N) is 2. The molecule has 1 aromatic carbocycles. The van der Waals surface area contributed by atoms with Gasteiger partial charge in [0, 0.05) is 31.5 Å². The second-order valence-electron chi connectivity index (χ2n) is 7.58. The summed E-state index contributed by atoms with van der Waals surface area (Å²) < 4.78 is 15.7. The average molecular weight is 500 g/mol. The molecule has 2 N–H and O–H groups in total. The molecule has 1 aliphatic heterocycles. The molecule has 0 atom stereocenters. The Morgan fingerprint density at radius 3 is 2.82 bits per heavy atom. The standard InChI is InChI=1S/C20H29FN6.HI/c1-4-22-19(23-13-18-26-25-17-10-5-6-11-27(17)18)24-14-20(2,3)15-8-7-9-16(21)12-15;/h7-9,12H,4-6,10-11,13-14H2,1-3H3,(H2,22,23,24);1H. The predicted octanol–water partition coefficient (Wildman–Crippen LogP) is 3.40. The van der Waals surface area contributed by atoms with E-state index in [1.807, 2.05) is 13.0 Å². The molecule has 3 rings (SSSR count). The third kappa shape index (κ3) is 5.65. The van der Waals surface area contributed by atoms with Gasteiger partial charge in [-0.1, -0.05) is 26.0 Å². The van der Waals surface area contributed by atoms with Gasteiger partial charge in [-0.15, -0.1) is 34.2 Å². The molecule has 0 bridgehead atoms. The lowest BCUT2D eigenvalue weighted by Crippen LogP contribution is -2.43. The summed E-state index contributed by atoms with van der Waals surface area (Å²) in [6, 6.07) is 6.77. The maximum absolute atomic E-state index is 13.6. The van der Waals surface area contributed by atoms with Gasteiger partial charge in [0.1, 0.15) is 18.2 Å². The summed E-state index contributed by atoms with van der Waals surface area (Å²) in [6.07, 6.45) is 3.35. The number of benzene rings is 1. The smallest absolute Gasteiger partial charge is 0.191 e. The zero-order valence-electron chi connectivity index (χ0n) is 16.8. The Balaban J connectivity index is 0.00000280. The summed E-state index contributed by atoms with van der Waals surface area (Å²) in [6.45, 7) is 9.09. The number of aliphatic imine (C=N–C) groups is 1. The monoisotopic (exact) mass is 500 g/mol. The first-order valence-corrected chi connectivity index (χ1v) is 9.69. The molecule has 0 spiro atoms. The van der Waals surface area contributed by atoms with Crippen molar-refractivity contribution in [3.05, 3.63) is 47.3 Å². The van der Waals surface area contributed by atoms with Crippen molar-refractivity contribution < 1.29 is 4.39 Å². The molecule has 0 saturated carbocycles. The average Bonchev–Trinajstić information content (AvgIpc) is 3.07.